The molecule has 9 nitrogen and oxygen atoms in total. The number of ether oxygens (including phenoxy) is 8. The standard InChI is InChI=1S/C27H44F12O9S/c28-22(29,20-44-11-8-6-4-2-1-3-5-7-9-19-49)46-24(32,33)26(36,37)48-27(38,39)25(34,35)47-23(30,31)21-45-18-17-43-16-15-42-14-13-41-12-10-40/h40,49H,1-21H2. The average molecular weight is 773 g/mol. The molecule has 0 unspecified atom stereocenters. The highest BCUT2D eigenvalue weighted by molar-refractivity contribution is 7.80. The van der Waals surface area contributed by atoms with Crippen LogP contribution in [0.3, 0.4) is 0 Å². The first-order chi connectivity index (χ1) is 22.7. The van der Waals surface area contributed by atoms with E-state index >= 15 is 0 Å². The van der Waals surface area contributed by atoms with Crippen molar-refractivity contribution in [1.29, 1.82) is 0 Å². The molecular formula is C27H44F12O9S. The normalized spacial score (nSPS) is 13.8. The van der Waals surface area contributed by atoms with Crippen molar-refractivity contribution >= 4 is 12.6 Å². The van der Waals surface area contributed by atoms with Crippen LogP contribution in [-0.2, 0) is 37.9 Å². The van der Waals surface area contributed by atoms with Gasteiger partial charge in [0.05, 0.1) is 52.9 Å². The maximum atomic E-state index is 13.7. The number of alkyl halides is 12. The SMILES string of the molecule is OCCOCCOCCOCCOCC(F)(F)OC(F)(F)C(F)(F)OC(F)(F)C(F)(F)OC(F)(F)COCCCCCCCCCCCS. The number of unbranched alkanes of at least 4 members (excludes halogenated alkanes) is 8. The molecule has 0 atom stereocenters. The molecule has 0 rings (SSSR count). The number of rotatable bonds is 34. The third kappa shape index (κ3) is 22.6. The van der Waals surface area contributed by atoms with E-state index in [1.165, 1.54) is 0 Å². The molecule has 0 heterocycles. The number of aliphatic hydroxyl groups is 1. The zero-order valence-electron chi connectivity index (χ0n) is 26.5. The summed E-state index contributed by atoms with van der Waals surface area (Å²) in [6, 6.07) is 0. The fraction of sp³-hybridized carbons (Fsp3) is 1.00. The van der Waals surface area contributed by atoms with Crippen molar-refractivity contribution in [3.8, 4) is 0 Å². The molecule has 0 saturated carbocycles. The van der Waals surface area contributed by atoms with Crippen LogP contribution in [0.2, 0.25) is 0 Å². The summed E-state index contributed by atoms with van der Waals surface area (Å²) in [6.45, 7) is -5.75. The van der Waals surface area contributed by atoms with Crippen LogP contribution in [0.4, 0.5) is 52.7 Å². The van der Waals surface area contributed by atoms with Crippen LogP contribution >= 0.6 is 12.6 Å². The lowest BCUT2D eigenvalue weighted by molar-refractivity contribution is -0.558. The quantitative estimate of drug-likeness (QED) is 0.0404. The zero-order chi connectivity index (χ0) is 37.5. The summed E-state index contributed by atoms with van der Waals surface area (Å²) in [7, 11) is 0. The minimum absolute atomic E-state index is 0.00126. The number of aliphatic hydroxyl groups excluding tert-OH is 1. The largest absolute Gasteiger partial charge is 0.453 e. The van der Waals surface area contributed by atoms with E-state index in [0.717, 1.165) is 44.3 Å². The van der Waals surface area contributed by atoms with Gasteiger partial charge in [-0.3, -0.25) is 0 Å². The molecule has 0 bridgehead atoms. The van der Waals surface area contributed by atoms with Gasteiger partial charge in [-0.15, -0.1) is 0 Å². The zero-order valence-corrected chi connectivity index (χ0v) is 27.4. The summed E-state index contributed by atoms with van der Waals surface area (Å²) in [5.74, 6) is 0.798. The number of hydrogen-bond acceptors (Lipinski definition) is 10. The molecule has 0 aromatic carbocycles. The summed E-state index contributed by atoms with van der Waals surface area (Å²) in [6.07, 6.45) is -30.7. The van der Waals surface area contributed by atoms with E-state index < -0.39 is 69.7 Å². The Kier molecular flexibility index (Phi) is 24.0. The average Bonchev–Trinajstić information content (AvgIpc) is 2.96. The molecule has 0 aromatic heterocycles. The first kappa shape index (κ1) is 48.1. The van der Waals surface area contributed by atoms with Crippen molar-refractivity contribution in [3.63, 3.8) is 0 Å². The lowest BCUT2D eigenvalue weighted by Crippen LogP contribution is -2.58. The van der Waals surface area contributed by atoms with Crippen LogP contribution in [0, 0.1) is 0 Å². The minimum Gasteiger partial charge on any atom is -0.394 e. The van der Waals surface area contributed by atoms with Crippen LogP contribution in [-0.4, -0.2) is 120 Å². The minimum atomic E-state index is -6.95. The molecule has 1 N–H and O–H groups in total. The molecule has 22 heteroatoms. The molecule has 0 saturated heterocycles. The number of thiol groups is 1. The Morgan fingerprint density at radius 3 is 1.06 bits per heavy atom. The lowest BCUT2D eigenvalue weighted by Gasteiger charge is -2.34. The molecule has 0 aliphatic rings. The Labute approximate surface area is 281 Å². The van der Waals surface area contributed by atoms with Gasteiger partial charge in [-0.1, -0.05) is 44.9 Å². The van der Waals surface area contributed by atoms with Gasteiger partial charge in [0.25, 0.3) is 0 Å². The van der Waals surface area contributed by atoms with E-state index in [1.807, 2.05) is 0 Å². The highest BCUT2D eigenvalue weighted by Gasteiger charge is 2.74. The second-order valence-corrected chi connectivity index (χ2v) is 10.7. The van der Waals surface area contributed by atoms with Gasteiger partial charge >= 0.3 is 36.7 Å². The van der Waals surface area contributed by atoms with Crippen LogP contribution in [0.25, 0.3) is 0 Å². The topological polar surface area (TPSA) is 94.1 Å². The molecule has 296 valence electrons. The maximum absolute atomic E-state index is 13.7. The first-order valence-corrected chi connectivity index (χ1v) is 15.9. The molecule has 0 amide bonds. The Morgan fingerprint density at radius 2 is 0.673 bits per heavy atom. The summed E-state index contributed by atoms with van der Waals surface area (Å²) >= 11 is 4.10. The van der Waals surface area contributed by atoms with Crippen molar-refractivity contribution in [2.75, 3.05) is 78.4 Å². The molecule has 0 spiro atoms. The van der Waals surface area contributed by atoms with Crippen LogP contribution in [0.1, 0.15) is 57.8 Å². The predicted molar refractivity (Wildman–Crippen MR) is 150 cm³/mol. The summed E-state index contributed by atoms with van der Waals surface area (Å²) in [5, 5.41) is 8.50. The van der Waals surface area contributed by atoms with Crippen molar-refractivity contribution in [3.05, 3.63) is 0 Å². The van der Waals surface area contributed by atoms with E-state index in [-0.39, 0.29) is 46.1 Å². The number of hydrogen-bond donors (Lipinski definition) is 2. The van der Waals surface area contributed by atoms with Gasteiger partial charge in [-0.2, -0.15) is 65.3 Å². The van der Waals surface area contributed by atoms with E-state index in [2.05, 4.69) is 36.3 Å². The monoisotopic (exact) mass is 772 g/mol. The fourth-order valence-electron chi connectivity index (χ4n) is 3.49. The molecular weight excluding hydrogens is 728 g/mol. The molecule has 0 aliphatic heterocycles. The summed E-state index contributed by atoms with van der Waals surface area (Å²) < 4.78 is 195. The molecule has 0 aliphatic carbocycles. The number of halogens is 12. The van der Waals surface area contributed by atoms with Crippen LogP contribution < -0.4 is 0 Å². The van der Waals surface area contributed by atoms with Gasteiger partial charge in [0, 0.05) is 6.61 Å². The fourth-order valence-corrected chi connectivity index (χ4v) is 3.72. The Morgan fingerprint density at radius 1 is 0.367 bits per heavy atom. The van der Waals surface area contributed by atoms with Gasteiger partial charge in [0.2, 0.25) is 0 Å². The smallest absolute Gasteiger partial charge is 0.394 e. The van der Waals surface area contributed by atoms with Gasteiger partial charge in [-0.25, -0.2) is 14.2 Å². The van der Waals surface area contributed by atoms with Gasteiger partial charge in [0.15, 0.2) is 0 Å². The molecule has 49 heavy (non-hydrogen) atoms. The van der Waals surface area contributed by atoms with Gasteiger partial charge < -0.3 is 28.8 Å². The van der Waals surface area contributed by atoms with Gasteiger partial charge in [0.1, 0.15) is 13.2 Å². The van der Waals surface area contributed by atoms with Crippen molar-refractivity contribution in [2.24, 2.45) is 0 Å². The third-order valence-corrected chi connectivity index (χ3v) is 6.14. The second kappa shape index (κ2) is 24.4. The van der Waals surface area contributed by atoms with Crippen molar-refractivity contribution < 1.29 is 95.7 Å². The molecule has 0 fully saturated rings. The highest BCUT2D eigenvalue weighted by atomic mass is 32.1. The van der Waals surface area contributed by atoms with E-state index in [4.69, 9.17) is 19.3 Å². The van der Waals surface area contributed by atoms with E-state index in [1.54, 1.807) is 0 Å². The van der Waals surface area contributed by atoms with Crippen molar-refractivity contribution in [1.82, 2.24) is 0 Å². The Hall–Kier alpha value is -0.850. The van der Waals surface area contributed by atoms with Crippen LogP contribution in [0.5, 0.6) is 0 Å². The van der Waals surface area contributed by atoms with E-state index in [9.17, 15) is 52.7 Å². The van der Waals surface area contributed by atoms with Crippen LogP contribution in [0.15, 0.2) is 0 Å². The summed E-state index contributed by atoms with van der Waals surface area (Å²) in [4.78, 5) is 0. The Bertz CT molecular complexity index is 770. The third-order valence-electron chi connectivity index (χ3n) is 5.83. The Balaban J connectivity index is 4.61. The first-order valence-electron chi connectivity index (χ1n) is 15.2. The summed E-state index contributed by atoms with van der Waals surface area (Å²) in [5.41, 5.74) is 0. The van der Waals surface area contributed by atoms with Crippen molar-refractivity contribution in [2.45, 2.75) is 94.4 Å². The highest BCUT2D eigenvalue weighted by Crippen LogP contribution is 2.48. The van der Waals surface area contributed by atoms with Gasteiger partial charge in [-0.05, 0) is 18.6 Å². The van der Waals surface area contributed by atoms with E-state index in [0.29, 0.717) is 12.8 Å². The molecule has 0 aromatic rings. The predicted octanol–water partition coefficient (Wildman–Crippen LogP) is 7.11. The lowest BCUT2D eigenvalue weighted by atomic mass is 10.1. The maximum Gasteiger partial charge on any atom is 0.453 e. The molecule has 0 radical (unpaired) electrons. The second-order valence-electron chi connectivity index (χ2n) is 10.2.